The van der Waals surface area contributed by atoms with E-state index in [0.717, 1.165) is 24.0 Å². The second-order valence-corrected chi connectivity index (χ2v) is 4.35. The fraction of sp³-hybridized carbons (Fsp3) is 0.333. The van der Waals surface area contributed by atoms with E-state index in [9.17, 15) is 4.79 Å². The molecule has 18 heavy (non-hydrogen) atoms. The molecule has 0 unspecified atom stereocenters. The van der Waals surface area contributed by atoms with Crippen molar-refractivity contribution in [1.29, 1.82) is 0 Å². The van der Waals surface area contributed by atoms with Crippen molar-refractivity contribution in [2.75, 3.05) is 19.6 Å². The number of hydrogen-bond acceptors (Lipinski definition) is 3. The lowest BCUT2D eigenvalue weighted by atomic mass is 10.0. The Morgan fingerprint density at radius 2 is 2.17 bits per heavy atom. The first-order valence-electron chi connectivity index (χ1n) is 5.76. The lowest BCUT2D eigenvalue weighted by Gasteiger charge is -2.26. The van der Waals surface area contributed by atoms with E-state index >= 15 is 0 Å². The number of nitrogens with zero attached hydrogens (tertiary/aromatic N) is 1. The molecule has 0 spiro atoms. The summed E-state index contributed by atoms with van der Waals surface area (Å²) in [4.78, 5) is 12.0. The quantitative estimate of drug-likeness (QED) is 0.774. The summed E-state index contributed by atoms with van der Waals surface area (Å²) in [6.07, 6.45) is 0. The molecule has 3 rings (SSSR count). The number of para-hydroxylation sites is 1. The molecule has 1 aliphatic heterocycles. The van der Waals surface area contributed by atoms with Gasteiger partial charge in [0.25, 0.3) is 5.91 Å². The van der Waals surface area contributed by atoms with E-state index in [1.807, 2.05) is 24.3 Å². The summed E-state index contributed by atoms with van der Waals surface area (Å²) in [5.41, 5.74) is 1.37. The lowest BCUT2D eigenvalue weighted by Crippen LogP contribution is -2.48. The van der Waals surface area contributed by atoms with Crippen molar-refractivity contribution in [3.8, 4) is 0 Å². The van der Waals surface area contributed by atoms with Crippen molar-refractivity contribution in [2.45, 2.75) is 0 Å². The van der Waals surface area contributed by atoms with Gasteiger partial charge in [0.15, 0.2) is 5.69 Å². The predicted octanol–water partition coefficient (Wildman–Crippen LogP) is 0.934. The van der Waals surface area contributed by atoms with Gasteiger partial charge in [-0.15, -0.1) is 12.4 Å². The third-order valence-corrected chi connectivity index (χ3v) is 3.10. The Labute approximate surface area is 111 Å². The normalized spacial score (nSPS) is 14.9. The summed E-state index contributed by atoms with van der Waals surface area (Å²) in [5, 5.41) is 13.9. The summed E-state index contributed by atoms with van der Waals surface area (Å²) in [7, 11) is 0. The molecular weight excluding hydrogens is 252 g/mol. The SMILES string of the molecule is Cl.O=C(NCC1CNC1)c1n[nH]c2ccccc12. The van der Waals surface area contributed by atoms with Crippen molar-refractivity contribution in [1.82, 2.24) is 20.8 Å². The minimum Gasteiger partial charge on any atom is -0.350 e. The lowest BCUT2D eigenvalue weighted by molar-refractivity contribution is 0.0939. The maximum Gasteiger partial charge on any atom is 0.272 e. The zero-order valence-electron chi connectivity index (χ0n) is 9.77. The largest absolute Gasteiger partial charge is 0.350 e. The van der Waals surface area contributed by atoms with Crippen molar-refractivity contribution >= 4 is 29.2 Å². The number of fused-ring (bicyclic) bond motifs is 1. The van der Waals surface area contributed by atoms with Crippen LogP contribution in [0.2, 0.25) is 0 Å². The molecule has 2 heterocycles. The summed E-state index contributed by atoms with van der Waals surface area (Å²) in [6.45, 7) is 2.69. The summed E-state index contributed by atoms with van der Waals surface area (Å²) < 4.78 is 0. The van der Waals surface area contributed by atoms with Crippen LogP contribution < -0.4 is 10.6 Å². The summed E-state index contributed by atoms with van der Waals surface area (Å²) in [6, 6.07) is 7.64. The molecule has 1 saturated heterocycles. The molecule has 0 atom stereocenters. The van der Waals surface area contributed by atoms with Crippen LogP contribution in [-0.4, -0.2) is 35.7 Å². The third-order valence-electron chi connectivity index (χ3n) is 3.10. The highest BCUT2D eigenvalue weighted by Crippen LogP contribution is 2.14. The Kier molecular flexibility index (Phi) is 3.84. The first-order valence-corrected chi connectivity index (χ1v) is 5.76. The topological polar surface area (TPSA) is 69.8 Å². The van der Waals surface area contributed by atoms with Gasteiger partial charge in [0, 0.05) is 30.9 Å². The van der Waals surface area contributed by atoms with Crippen molar-refractivity contribution < 1.29 is 4.79 Å². The summed E-state index contributed by atoms with van der Waals surface area (Å²) in [5.74, 6) is 0.457. The Morgan fingerprint density at radius 1 is 1.39 bits per heavy atom. The van der Waals surface area contributed by atoms with Crippen LogP contribution in [0.4, 0.5) is 0 Å². The highest BCUT2D eigenvalue weighted by atomic mass is 35.5. The van der Waals surface area contributed by atoms with Gasteiger partial charge in [-0.25, -0.2) is 0 Å². The number of halogens is 1. The van der Waals surface area contributed by atoms with Crippen LogP contribution >= 0.6 is 12.4 Å². The maximum atomic E-state index is 12.0. The number of carbonyl (C=O) groups is 1. The van der Waals surface area contributed by atoms with E-state index in [1.165, 1.54) is 0 Å². The zero-order chi connectivity index (χ0) is 11.7. The highest BCUT2D eigenvalue weighted by Gasteiger charge is 2.19. The molecule has 1 amide bonds. The minimum absolute atomic E-state index is 0. The molecule has 1 fully saturated rings. The molecule has 6 heteroatoms. The van der Waals surface area contributed by atoms with Gasteiger partial charge in [0.2, 0.25) is 0 Å². The average molecular weight is 267 g/mol. The predicted molar refractivity (Wildman–Crippen MR) is 72.0 cm³/mol. The maximum absolute atomic E-state index is 12.0. The van der Waals surface area contributed by atoms with Crippen molar-refractivity contribution in [2.24, 2.45) is 5.92 Å². The monoisotopic (exact) mass is 266 g/mol. The number of H-pyrrole nitrogens is 1. The first kappa shape index (κ1) is 12.9. The summed E-state index contributed by atoms with van der Waals surface area (Å²) >= 11 is 0. The number of nitrogens with one attached hydrogen (secondary N) is 3. The molecule has 0 aliphatic carbocycles. The van der Waals surface area contributed by atoms with Crippen LogP contribution in [0, 0.1) is 5.92 Å². The molecule has 1 aromatic carbocycles. The molecule has 3 N–H and O–H groups in total. The Hall–Kier alpha value is -1.59. The molecule has 1 aromatic heterocycles. The third kappa shape index (κ3) is 2.32. The average Bonchev–Trinajstić information content (AvgIpc) is 2.70. The van der Waals surface area contributed by atoms with Crippen LogP contribution in [0.1, 0.15) is 10.5 Å². The Bertz CT molecular complexity index is 550. The fourth-order valence-corrected chi connectivity index (χ4v) is 1.95. The number of benzene rings is 1. The van der Waals surface area contributed by atoms with Gasteiger partial charge in [-0.2, -0.15) is 5.10 Å². The van der Waals surface area contributed by atoms with E-state index in [1.54, 1.807) is 0 Å². The van der Waals surface area contributed by atoms with Crippen molar-refractivity contribution in [3.05, 3.63) is 30.0 Å². The van der Waals surface area contributed by atoms with Crippen molar-refractivity contribution in [3.63, 3.8) is 0 Å². The number of rotatable bonds is 3. The highest BCUT2D eigenvalue weighted by molar-refractivity contribution is 6.04. The van der Waals surface area contributed by atoms with Gasteiger partial charge in [-0.05, 0) is 6.07 Å². The molecular formula is C12H15ClN4O. The number of aromatic amines is 1. The van der Waals surface area contributed by atoms with Crippen LogP contribution in [0.15, 0.2) is 24.3 Å². The van der Waals surface area contributed by atoms with Crippen LogP contribution in [0.5, 0.6) is 0 Å². The first-order chi connectivity index (χ1) is 8.34. The molecule has 0 saturated carbocycles. The fourth-order valence-electron chi connectivity index (χ4n) is 1.95. The zero-order valence-corrected chi connectivity index (χ0v) is 10.6. The molecule has 5 nitrogen and oxygen atoms in total. The molecule has 0 radical (unpaired) electrons. The Balaban J connectivity index is 0.00000120. The van der Waals surface area contributed by atoms with Gasteiger partial charge >= 0.3 is 0 Å². The van der Waals surface area contributed by atoms with E-state index in [4.69, 9.17) is 0 Å². The van der Waals surface area contributed by atoms with E-state index in [0.29, 0.717) is 18.2 Å². The molecule has 2 aromatic rings. The Morgan fingerprint density at radius 3 is 2.89 bits per heavy atom. The minimum atomic E-state index is -0.102. The molecule has 96 valence electrons. The molecule has 0 bridgehead atoms. The van der Waals surface area contributed by atoms with Gasteiger partial charge in [0.05, 0.1) is 5.52 Å². The number of hydrogen-bond donors (Lipinski definition) is 3. The van der Waals surface area contributed by atoms with E-state index < -0.39 is 0 Å². The van der Waals surface area contributed by atoms with Crippen LogP contribution in [0.3, 0.4) is 0 Å². The van der Waals surface area contributed by atoms with E-state index in [2.05, 4.69) is 20.8 Å². The van der Waals surface area contributed by atoms with Crippen LogP contribution in [0.25, 0.3) is 10.9 Å². The second-order valence-electron chi connectivity index (χ2n) is 4.35. The van der Waals surface area contributed by atoms with Gasteiger partial charge in [-0.1, -0.05) is 18.2 Å². The second kappa shape index (κ2) is 5.37. The molecule has 1 aliphatic rings. The van der Waals surface area contributed by atoms with Gasteiger partial charge in [0.1, 0.15) is 0 Å². The number of carbonyl (C=O) groups excluding carboxylic acids is 1. The number of amides is 1. The van der Waals surface area contributed by atoms with Crippen LogP contribution in [-0.2, 0) is 0 Å². The van der Waals surface area contributed by atoms with Gasteiger partial charge < -0.3 is 10.6 Å². The standard InChI is InChI=1S/C12H14N4O.ClH/c17-12(14-7-8-5-13-6-8)11-9-3-1-2-4-10(9)15-16-11;/h1-4,8,13H,5-7H2,(H,14,17)(H,15,16);1H. The smallest absolute Gasteiger partial charge is 0.272 e. The van der Waals surface area contributed by atoms with E-state index in [-0.39, 0.29) is 18.3 Å². The van der Waals surface area contributed by atoms with Gasteiger partial charge in [-0.3, -0.25) is 9.89 Å². The number of aromatic nitrogens is 2.